The van der Waals surface area contributed by atoms with Crippen molar-refractivity contribution in [1.29, 1.82) is 0 Å². The van der Waals surface area contributed by atoms with Crippen LogP contribution in [-0.4, -0.2) is 24.9 Å². The Kier molecular flexibility index (Phi) is 5.11. The van der Waals surface area contributed by atoms with Crippen molar-refractivity contribution in [2.45, 2.75) is 19.9 Å². The van der Waals surface area contributed by atoms with Crippen LogP contribution in [-0.2, 0) is 0 Å². The van der Waals surface area contributed by atoms with Crippen molar-refractivity contribution in [3.8, 4) is 0 Å². The van der Waals surface area contributed by atoms with E-state index in [9.17, 15) is 0 Å². The van der Waals surface area contributed by atoms with Gasteiger partial charge in [0.25, 0.3) is 0 Å². The van der Waals surface area contributed by atoms with Crippen molar-refractivity contribution in [3.05, 3.63) is 30.3 Å². The summed E-state index contributed by atoms with van der Waals surface area (Å²) in [5.74, 6) is 0. The van der Waals surface area contributed by atoms with E-state index in [2.05, 4.69) is 31.3 Å². The van der Waals surface area contributed by atoms with Gasteiger partial charge in [0, 0.05) is 11.7 Å². The summed E-state index contributed by atoms with van der Waals surface area (Å²) in [6.45, 7) is 4.26. The molecule has 0 radical (unpaired) electrons. The molecule has 1 aromatic rings. The zero-order valence-electron chi connectivity index (χ0n) is 6.46. The molecule has 0 unspecified atom stereocenters. The van der Waals surface area contributed by atoms with Crippen LogP contribution in [0, 0.1) is 0 Å². The molecule has 11 heavy (non-hydrogen) atoms. The van der Waals surface area contributed by atoms with Crippen molar-refractivity contribution in [1.82, 2.24) is 0 Å². The van der Waals surface area contributed by atoms with Gasteiger partial charge in [-0.2, -0.15) is 0 Å². The Morgan fingerprint density at radius 3 is 2.09 bits per heavy atom. The molecule has 0 aliphatic rings. The fourth-order valence-corrected chi connectivity index (χ4v) is 0.868. The molecule has 0 fully saturated rings. The number of rotatable bonds is 2. The van der Waals surface area contributed by atoms with Crippen molar-refractivity contribution in [2.75, 3.05) is 5.32 Å². The molecule has 0 aliphatic carbocycles. The summed E-state index contributed by atoms with van der Waals surface area (Å²) in [6.07, 6.45) is 0. The van der Waals surface area contributed by atoms with Crippen LogP contribution in [0.4, 0.5) is 5.69 Å². The molecule has 1 N–H and O–H groups in total. The maximum absolute atomic E-state index is 3.30. The van der Waals surface area contributed by atoms with Gasteiger partial charge < -0.3 is 5.32 Å². The quantitative estimate of drug-likeness (QED) is 0.623. The molecule has 1 rings (SSSR count). The van der Waals surface area contributed by atoms with Gasteiger partial charge in [0.1, 0.15) is 0 Å². The van der Waals surface area contributed by atoms with Gasteiger partial charge >= 0.3 is 18.9 Å². The standard InChI is InChI=1S/C9H13N.Li.H/c1-8(2)10-9-6-4-3-5-7-9;;/h3-8,10H,1-2H3;;. The van der Waals surface area contributed by atoms with Gasteiger partial charge in [0.05, 0.1) is 0 Å². The van der Waals surface area contributed by atoms with E-state index in [4.69, 9.17) is 0 Å². The van der Waals surface area contributed by atoms with Gasteiger partial charge in [-0.05, 0) is 26.0 Å². The molecule has 0 atom stereocenters. The maximum atomic E-state index is 3.30. The Balaban J connectivity index is 0.000001000. The van der Waals surface area contributed by atoms with Crippen molar-refractivity contribution >= 4 is 24.5 Å². The third-order valence-corrected chi connectivity index (χ3v) is 1.23. The van der Waals surface area contributed by atoms with E-state index in [-0.39, 0.29) is 18.9 Å². The molecule has 56 valence electrons. The van der Waals surface area contributed by atoms with E-state index in [1.165, 1.54) is 5.69 Å². The van der Waals surface area contributed by atoms with Crippen LogP contribution in [0.1, 0.15) is 13.8 Å². The van der Waals surface area contributed by atoms with E-state index >= 15 is 0 Å². The summed E-state index contributed by atoms with van der Waals surface area (Å²) < 4.78 is 0. The number of benzene rings is 1. The van der Waals surface area contributed by atoms with Crippen molar-refractivity contribution in [3.63, 3.8) is 0 Å². The molecule has 0 spiro atoms. The zero-order valence-corrected chi connectivity index (χ0v) is 6.46. The monoisotopic (exact) mass is 143 g/mol. The predicted molar refractivity (Wildman–Crippen MR) is 52.3 cm³/mol. The van der Waals surface area contributed by atoms with Crippen LogP contribution in [0.2, 0.25) is 0 Å². The van der Waals surface area contributed by atoms with Gasteiger partial charge in [-0.3, -0.25) is 0 Å². The zero-order chi connectivity index (χ0) is 7.40. The second kappa shape index (κ2) is 5.29. The molecule has 1 nitrogen and oxygen atoms in total. The Morgan fingerprint density at radius 2 is 1.64 bits per heavy atom. The average Bonchev–Trinajstić information content (AvgIpc) is 1.88. The summed E-state index contributed by atoms with van der Waals surface area (Å²) in [5, 5.41) is 3.30. The summed E-state index contributed by atoms with van der Waals surface area (Å²) in [7, 11) is 0. The predicted octanol–water partition coefficient (Wildman–Crippen LogP) is 1.86. The van der Waals surface area contributed by atoms with E-state index in [0.717, 1.165) is 0 Å². The average molecular weight is 143 g/mol. The van der Waals surface area contributed by atoms with E-state index < -0.39 is 0 Å². The van der Waals surface area contributed by atoms with Crippen LogP contribution in [0.15, 0.2) is 30.3 Å². The number of hydrogen-bond donors (Lipinski definition) is 1. The third kappa shape index (κ3) is 4.13. The Bertz CT molecular complexity index is 184. The summed E-state index contributed by atoms with van der Waals surface area (Å²) in [4.78, 5) is 0. The SMILES string of the molecule is CC(C)Nc1ccccc1.[LiH]. The van der Waals surface area contributed by atoms with E-state index in [0.29, 0.717) is 6.04 Å². The Hall–Kier alpha value is -0.383. The van der Waals surface area contributed by atoms with Crippen LogP contribution in [0.3, 0.4) is 0 Å². The second-order valence-electron chi connectivity index (χ2n) is 2.67. The first kappa shape index (κ1) is 10.6. The van der Waals surface area contributed by atoms with Gasteiger partial charge in [-0.1, -0.05) is 18.2 Å². The topological polar surface area (TPSA) is 12.0 Å². The van der Waals surface area contributed by atoms with Gasteiger partial charge in [0.15, 0.2) is 0 Å². The number of nitrogens with one attached hydrogen (secondary N) is 1. The Morgan fingerprint density at radius 1 is 1.09 bits per heavy atom. The first-order chi connectivity index (χ1) is 4.79. The molecule has 0 bridgehead atoms. The molecule has 0 saturated carbocycles. The summed E-state index contributed by atoms with van der Waals surface area (Å²) in [6, 6.07) is 10.7. The van der Waals surface area contributed by atoms with Crippen molar-refractivity contribution < 1.29 is 0 Å². The van der Waals surface area contributed by atoms with Gasteiger partial charge in [-0.25, -0.2) is 0 Å². The fourth-order valence-electron chi connectivity index (χ4n) is 0.868. The molecular formula is C9H14LiN. The molecule has 1 aromatic carbocycles. The third-order valence-electron chi connectivity index (χ3n) is 1.23. The van der Waals surface area contributed by atoms with Crippen LogP contribution >= 0.6 is 0 Å². The minimum absolute atomic E-state index is 0. The first-order valence-electron chi connectivity index (χ1n) is 3.60. The molecule has 2 heteroatoms. The number of anilines is 1. The van der Waals surface area contributed by atoms with Crippen LogP contribution in [0.5, 0.6) is 0 Å². The Labute approximate surface area is 80.4 Å². The molecule has 0 heterocycles. The molecule has 0 saturated heterocycles. The summed E-state index contributed by atoms with van der Waals surface area (Å²) in [5.41, 5.74) is 1.19. The summed E-state index contributed by atoms with van der Waals surface area (Å²) >= 11 is 0. The molecule has 0 aliphatic heterocycles. The fraction of sp³-hybridized carbons (Fsp3) is 0.333. The minimum atomic E-state index is 0. The second-order valence-corrected chi connectivity index (χ2v) is 2.67. The van der Waals surface area contributed by atoms with E-state index in [1.54, 1.807) is 0 Å². The molecular weight excluding hydrogens is 129 g/mol. The normalized spacial score (nSPS) is 9.00. The first-order valence-corrected chi connectivity index (χ1v) is 3.60. The van der Waals surface area contributed by atoms with Gasteiger partial charge in [0.2, 0.25) is 0 Å². The van der Waals surface area contributed by atoms with E-state index in [1.807, 2.05) is 18.2 Å². The van der Waals surface area contributed by atoms with Crippen molar-refractivity contribution in [2.24, 2.45) is 0 Å². The molecule has 0 aromatic heterocycles. The van der Waals surface area contributed by atoms with Gasteiger partial charge in [-0.15, -0.1) is 0 Å². The van der Waals surface area contributed by atoms with Crippen LogP contribution in [0.25, 0.3) is 0 Å². The number of para-hydroxylation sites is 1. The van der Waals surface area contributed by atoms with Crippen LogP contribution < -0.4 is 5.32 Å². The number of hydrogen-bond acceptors (Lipinski definition) is 1. The molecule has 0 amide bonds.